The molecule has 114 valence electrons. The average Bonchev–Trinajstić information content (AvgIpc) is 3.08. The van der Waals surface area contributed by atoms with Gasteiger partial charge < -0.3 is 10.6 Å². The van der Waals surface area contributed by atoms with Gasteiger partial charge in [0.05, 0.1) is 0 Å². The van der Waals surface area contributed by atoms with Gasteiger partial charge in [-0.1, -0.05) is 12.8 Å². The van der Waals surface area contributed by atoms with Gasteiger partial charge in [0, 0.05) is 12.1 Å². The minimum absolute atomic E-state index is 0.731. The van der Waals surface area contributed by atoms with Gasteiger partial charge in [-0.2, -0.15) is 0 Å². The summed E-state index contributed by atoms with van der Waals surface area (Å²) in [5.74, 6) is 2.14. The first-order chi connectivity index (χ1) is 9.85. The molecular weight excluding hydrogens is 244 g/mol. The quantitative estimate of drug-likeness (QED) is 0.807. The molecule has 4 fully saturated rings. The molecule has 3 aliphatic carbocycles. The minimum atomic E-state index is 0.731. The lowest BCUT2D eigenvalue weighted by Crippen LogP contribution is -2.46. The molecule has 3 saturated carbocycles. The van der Waals surface area contributed by atoms with Crippen molar-refractivity contribution in [2.24, 2.45) is 17.3 Å². The van der Waals surface area contributed by atoms with Crippen molar-refractivity contribution in [3.63, 3.8) is 0 Å². The first kappa shape index (κ1) is 13.6. The van der Waals surface area contributed by atoms with Crippen molar-refractivity contribution < 1.29 is 0 Å². The van der Waals surface area contributed by atoms with Crippen molar-refractivity contribution in [3.05, 3.63) is 0 Å². The highest BCUT2D eigenvalue weighted by atomic mass is 15.0. The highest BCUT2D eigenvalue weighted by molar-refractivity contribution is 4.97. The van der Waals surface area contributed by atoms with Crippen molar-refractivity contribution in [2.45, 2.75) is 82.7 Å². The highest BCUT2D eigenvalue weighted by Gasteiger charge is 2.41. The Hall–Kier alpha value is -0.0800. The summed E-state index contributed by atoms with van der Waals surface area (Å²) in [7, 11) is 0. The monoisotopic (exact) mass is 276 g/mol. The van der Waals surface area contributed by atoms with Crippen LogP contribution in [0.1, 0.15) is 70.6 Å². The number of rotatable bonds is 2. The van der Waals surface area contributed by atoms with Gasteiger partial charge >= 0.3 is 0 Å². The molecule has 2 nitrogen and oxygen atoms in total. The van der Waals surface area contributed by atoms with Crippen LogP contribution in [-0.4, -0.2) is 25.2 Å². The fraction of sp³-hybridized carbons (Fsp3) is 1.00. The molecule has 1 spiro atoms. The van der Waals surface area contributed by atoms with Gasteiger partial charge in [-0.05, 0) is 88.1 Å². The van der Waals surface area contributed by atoms with Gasteiger partial charge in [0.2, 0.25) is 0 Å². The third-order valence-electron chi connectivity index (χ3n) is 7.24. The molecule has 2 heteroatoms. The summed E-state index contributed by atoms with van der Waals surface area (Å²) < 4.78 is 0. The second-order valence-electron chi connectivity index (χ2n) is 8.23. The summed E-state index contributed by atoms with van der Waals surface area (Å²) in [6.07, 6.45) is 16.3. The first-order valence-electron chi connectivity index (χ1n) is 9.31. The van der Waals surface area contributed by atoms with Crippen molar-refractivity contribution in [1.29, 1.82) is 0 Å². The zero-order valence-corrected chi connectivity index (χ0v) is 13.0. The van der Waals surface area contributed by atoms with E-state index in [2.05, 4.69) is 10.6 Å². The minimum Gasteiger partial charge on any atom is -0.317 e. The molecule has 0 aromatic carbocycles. The number of hydrogen-bond donors (Lipinski definition) is 2. The normalized spacial score (nSPS) is 41.1. The zero-order valence-electron chi connectivity index (χ0n) is 13.0. The summed E-state index contributed by atoms with van der Waals surface area (Å²) in [5.41, 5.74) is 0.731. The van der Waals surface area contributed by atoms with E-state index in [1.54, 1.807) is 0 Å². The molecule has 1 heterocycles. The fourth-order valence-corrected chi connectivity index (χ4v) is 5.92. The molecule has 1 aliphatic heterocycles. The van der Waals surface area contributed by atoms with Gasteiger partial charge in [-0.3, -0.25) is 0 Å². The van der Waals surface area contributed by atoms with Crippen LogP contribution < -0.4 is 10.6 Å². The fourth-order valence-electron chi connectivity index (χ4n) is 5.92. The standard InChI is InChI=1S/C18H32N2/c1-2-14-4-5-17(16(14)3-1)20-15-6-8-18(9-7-15)10-12-19-13-11-18/h14-17,19-20H,1-13H2/t14-,16-,17-/m0/s1. The Bertz CT molecular complexity index is 324. The highest BCUT2D eigenvalue weighted by Crippen LogP contribution is 2.46. The van der Waals surface area contributed by atoms with E-state index in [0.717, 1.165) is 29.3 Å². The molecule has 20 heavy (non-hydrogen) atoms. The van der Waals surface area contributed by atoms with E-state index < -0.39 is 0 Å². The molecule has 0 amide bonds. The molecule has 0 unspecified atom stereocenters. The second-order valence-corrected chi connectivity index (χ2v) is 8.23. The van der Waals surface area contributed by atoms with Crippen LogP contribution in [0.15, 0.2) is 0 Å². The van der Waals surface area contributed by atoms with Gasteiger partial charge in [0.1, 0.15) is 0 Å². The molecule has 0 radical (unpaired) electrons. The van der Waals surface area contributed by atoms with E-state index in [1.165, 1.54) is 83.7 Å². The van der Waals surface area contributed by atoms with E-state index in [0.29, 0.717) is 0 Å². The maximum Gasteiger partial charge on any atom is 0.0101 e. The lowest BCUT2D eigenvalue weighted by Gasteiger charge is -2.44. The van der Waals surface area contributed by atoms with E-state index in [-0.39, 0.29) is 0 Å². The third kappa shape index (κ3) is 2.54. The Morgan fingerprint density at radius 3 is 2.40 bits per heavy atom. The second kappa shape index (κ2) is 5.61. The Labute approximate surface area is 124 Å². The smallest absolute Gasteiger partial charge is 0.0101 e. The average molecular weight is 276 g/mol. The predicted molar refractivity (Wildman–Crippen MR) is 83.8 cm³/mol. The number of piperidine rings is 1. The number of hydrogen-bond acceptors (Lipinski definition) is 2. The Kier molecular flexibility index (Phi) is 3.80. The first-order valence-corrected chi connectivity index (χ1v) is 9.31. The van der Waals surface area contributed by atoms with Crippen molar-refractivity contribution >= 4 is 0 Å². The van der Waals surface area contributed by atoms with E-state index >= 15 is 0 Å². The summed E-state index contributed by atoms with van der Waals surface area (Å²) in [4.78, 5) is 0. The topological polar surface area (TPSA) is 24.1 Å². The predicted octanol–water partition coefficient (Wildman–Crippen LogP) is 3.47. The lowest BCUT2D eigenvalue weighted by molar-refractivity contribution is 0.110. The van der Waals surface area contributed by atoms with Crippen molar-refractivity contribution in [2.75, 3.05) is 13.1 Å². The van der Waals surface area contributed by atoms with Crippen LogP contribution in [0.3, 0.4) is 0 Å². The van der Waals surface area contributed by atoms with Gasteiger partial charge in [-0.25, -0.2) is 0 Å². The van der Waals surface area contributed by atoms with Crippen LogP contribution in [0.2, 0.25) is 0 Å². The van der Waals surface area contributed by atoms with Crippen molar-refractivity contribution in [3.8, 4) is 0 Å². The SMILES string of the molecule is C1C[C@H]2CC[C@H](NC3CCC4(CCNCC4)CC3)[C@H]2C1. The van der Waals surface area contributed by atoms with Gasteiger partial charge in [0.15, 0.2) is 0 Å². The van der Waals surface area contributed by atoms with Gasteiger partial charge in [0.25, 0.3) is 0 Å². The molecule has 1 saturated heterocycles. The van der Waals surface area contributed by atoms with E-state index in [1.807, 2.05) is 0 Å². The van der Waals surface area contributed by atoms with Crippen LogP contribution in [0.4, 0.5) is 0 Å². The van der Waals surface area contributed by atoms with E-state index in [9.17, 15) is 0 Å². The Morgan fingerprint density at radius 1 is 0.800 bits per heavy atom. The summed E-state index contributed by atoms with van der Waals surface area (Å²) in [5, 5.41) is 7.63. The van der Waals surface area contributed by atoms with Gasteiger partial charge in [-0.15, -0.1) is 0 Å². The van der Waals surface area contributed by atoms with Crippen LogP contribution in [0.5, 0.6) is 0 Å². The molecular formula is C18H32N2. The molecule has 0 aromatic heterocycles. The van der Waals surface area contributed by atoms with E-state index in [4.69, 9.17) is 0 Å². The zero-order chi connectivity index (χ0) is 13.4. The van der Waals surface area contributed by atoms with Crippen LogP contribution in [0, 0.1) is 17.3 Å². The molecule has 4 rings (SSSR count). The maximum absolute atomic E-state index is 4.10. The maximum atomic E-state index is 4.10. The Balaban J connectivity index is 1.29. The largest absolute Gasteiger partial charge is 0.317 e. The van der Waals surface area contributed by atoms with Crippen LogP contribution in [0.25, 0.3) is 0 Å². The van der Waals surface area contributed by atoms with Crippen molar-refractivity contribution in [1.82, 2.24) is 10.6 Å². The van der Waals surface area contributed by atoms with Crippen LogP contribution >= 0.6 is 0 Å². The Morgan fingerprint density at radius 2 is 1.60 bits per heavy atom. The molecule has 0 aromatic rings. The van der Waals surface area contributed by atoms with Crippen LogP contribution in [-0.2, 0) is 0 Å². The molecule has 0 bridgehead atoms. The number of fused-ring (bicyclic) bond motifs is 1. The molecule has 4 aliphatic rings. The molecule has 2 N–H and O–H groups in total. The molecule has 3 atom stereocenters. The summed E-state index contributed by atoms with van der Waals surface area (Å²) in [6.45, 7) is 2.54. The lowest BCUT2D eigenvalue weighted by atomic mass is 9.67. The summed E-state index contributed by atoms with van der Waals surface area (Å²) in [6, 6.07) is 1.73. The third-order valence-corrected chi connectivity index (χ3v) is 7.24. The summed E-state index contributed by atoms with van der Waals surface area (Å²) >= 11 is 0. The number of nitrogens with one attached hydrogen (secondary N) is 2.